The number of hydrogen-bond acceptors (Lipinski definition) is 4. The predicted molar refractivity (Wildman–Crippen MR) is 104 cm³/mol. The van der Waals surface area contributed by atoms with E-state index in [1.807, 2.05) is 18.2 Å². The Morgan fingerprint density at radius 3 is 2.73 bits per heavy atom. The van der Waals surface area contributed by atoms with Gasteiger partial charge in [0, 0.05) is 24.1 Å². The summed E-state index contributed by atoms with van der Waals surface area (Å²) in [5, 5.41) is 6.50. The number of thiophene rings is 1. The number of rotatable bonds is 6. The number of methoxy groups -OCH3 is 1. The van der Waals surface area contributed by atoms with Crippen molar-refractivity contribution in [3.8, 4) is 0 Å². The van der Waals surface area contributed by atoms with Crippen molar-refractivity contribution in [2.24, 2.45) is 5.92 Å². The third-order valence-electron chi connectivity index (χ3n) is 4.59. The zero-order valence-electron chi connectivity index (χ0n) is 15.1. The molecule has 0 radical (unpaired) electrons. The van der Waals surface area contributed by atoms with Gasteiger partial charge in [0.15, 0.2) is 0 Å². The van der Waals surface area contributed by atoms with E-state index < -0.39 is 0 Å². The molecule has 0 fully saturated rings. The molecule has 1 aromatic carbocycles. The second-order valence-corrected chi connectivity index (χ2v) is 7.73. The molecule has 3 rings (SSSR count). The number of hydrogen-bond donors (Lipinski definition) is 2. The lowest BCUT2D eigenvalue weighted by molar-refractivity contribution is 0.0937. The maximum Gasteiger partial charge on any atom is 0.256 e. The summed E-state index contributed by atoms with van der Waals surface area (Å²) in [6.07, 6.45) is 2.90. The van der Waals surface area contributed by atoms with Crippen molar-refractivity contribution < 1.29 is 14.3 Å². The topological polar surface area (TPSA) is 67.4 Å². The molecular formula is C20H24N2O3S. The smallest absolute Gasteiger partial charge is 0.256 e. The van der Waals surface area contributed by atoms with Crippen molar-refractivity contribution >= 4 is 28.2 Å². The minimum Gasteiger partial charge on any atom is -0.383 e. The Kier molecular flexibility index (Phi) is 6.06. The molecule has 5 nitrogen and oxygen atoms in total. The largest absolute Gasteiger partial charge is 0.383 e. The van der Waals surface area contributed by atoms with Gasteiger partial charge in [-0.3, -0.25) is 9.59 Å². The quantitative estimate of drug-likeness (QED) is 0.763. The summed E-state index contributed by atoms with van der Waals surface area (Å²) < 4.78 is 5.01. The third kappa shape index (κ3) is 4.14. The SMILES string of the molecule is COCCNC(=O)c1c(NC(=O)c2ccccc2)sc2c1CCC(C)C2. The van der Waals surface area contributed by atoms with Gasteiger partial charge in [-0.15, -0.1) is 11.3 Å². The molecule has 0 bridgehead atoms. The number of ether oxygens (including phenoxy) is 1. The molecule has 26 heavy (non-hydrogen) atoms. The maximum atomic E-state index is 12.8. The summed E-state index contributed by atoms with van der Waals surface area (Å²) in [7, 11) is 1.60. The van der Waals surface area contributed by atoms with Gasteiger partial charge in [-0.25, -0.2) is 0 Å². The van der Waals surface area contributed by atoms with Gasteiger partial charge in [0.05, 0.1) is 12.2 Å². The van der Waals surface area contributed by atoms with Gasteiger partial charge >= 0.3 is 0 Å². The highest BCUT2D eigenvalue weighted by Crippen LogP contribution is 2.39. The Hall–Kier alpha value is -2.18. The zero-order valence-corrected chi connectivity index (χ0v) is 15.9. The van der Waals surface area contributed by atoms with Crippen LogP contribution < -0.4 is 10.6 Å². The fourth-order valence-corrected chi connectivity index (χ4v) is 4.60. The van der Waals surface area contributed by atoms with Crippen molar-refractivity contribution in [1.82, 2.24) is 5.32 Å². The van der Waals surface area contributed by atoms with E-state index in [0.717, 1.165) is 24.8 Å². The average molecular weight is 372 g/mol. The Morgan fingerprint density at radius 1 is 1.23 bits per heavy atom. The first-order chi connectivity index (χ1) is 12.6. The Morgan fingerprint density at radius 2 is 2.00 bits per heavy atom. The number of fused-ring (bicyclic) bond motifs is 1. The van der Waals surface area contributed by atoms with Crippen LogP contribution in [0.3, 0.4) is 0 Å². The number of carbonyl (C=O) groups excluding carboxylic acids is 2. The number of nitrogens with one attached hydrogen (secondary N) is 2. The standard InChI is InChI=1S/C20H24N2O3S/c1-13-8-9-15-16(12-13)26-20(17(15)19(24)21-10-11-25-2)22-18(23)14-6-4-3-5-7-14/h3-7,13H,8-12H2,1-2H3,(H,21,24)(H,22,23). The van der Waals surface area contributed by atoms with Crippen LogP contribution >= 0.6 is 11.3 Å². The van der Waals surface area contributed by atoms with Gasteiger partial charge in [0.25, 0.3) is 11.8 Å². The van der Waals surface area contributed by atoms with E-state index in [9.17, 15) is 9.59 Å². The van der Waals surface area contributed by atoms with Crippen LogP contribution in [0.1, 0.15) is 44.5 Å². The van der Waals surface area contributed by atoms with E-state index >= 15 is 0 Å². The van der Waals surface area contributed by atoms with E-state index in [2.05, 4.69) is 17.6 Å². The van der Waals surface area contributed by atoms with Crippen LogP contribution in [0.25, 0.3) is 0 Å². The molecule has 138 valence electrons. The van der Waals surface area contributed by atoms with Crippen LogP contribution in [0.4, 0.5) is 5.00 Å². The highest BCUT2D eigenvalue weighted by atomic mass is 32.1. The maximum absolute atomic E-state index is 12.8. The van der Waals surface area contributed by atoms with Crippen LogP contribution in [0, 0.1) is 5.92 Å². The van der Waals surface area contributed by atoms with Crippen LogP contribution in [-0.2, 0) is 17.6 Å². The normalized spacial score (nSPS) is 16.0. The van der Waals surface area contributed by atoms with Crippen molar-refractivity contribution in [2.75, 3.05) is 25.6 Å². The molecule has 2 N–H and O–H groups in total. The first-order valence-electron chi connectivity index (χ1n) is 8.88. The van der Waals surface area contributed by atoms with Crippen LogP contribution in [0.2, 0.25) is 0 Å². The van der Waals surface area contributed by atoms with Crippen molar-refractivity contribution in [1.29, 1.82) is 0 Å². The Balaban J connectivity index is 1.88. The lowest BCUT2D eigenvalue weighted by Crippen LogP contribution is -2.29. The van der Waals surface area contributed by atoms with Crippen molar-refractivity contribution in [2.45, 2.75) is 26.2 Å². The highest BCUT2D eigenvalue weighted by molar-refractivity contribution is 7.17. The van der Waals surface area contributed by atoms with Gasteiger partial charge in [-0.05, 0) is 42.9 Å². The van der Waals surface area contributed by atoms with Crippen LogP contribution in [0.15, 0.2) is 30.3 Å². The number of carbonyl (C=O) groups is 2. The Bertz CT molecular complexity index is 786. The monoisotopic (exact) mass is 372 g/mol. The van der Waals surface area contributed by atoms with E-state index in [0.29, 0.717) is 35.2 Å². The van der Waals surface area contributed by atoms with Crippen LogP contribution in [-0.4, -0.2) is 32.1 Å². The molecule has 1 aromatic heterocycles. The zero-order chi connectivity index (χ0) is 18.5. The first-order valence-corrected chi connectivity index (χ1v) is 9.70. The summed E-state index contributed by atoms with van der Waals surface area (Å²) in [4.78, 5) is 26.5. The molecule has 0 aliphatic heterocycles. The highest BCUT2D eigenvalue weighted by Gasteiger charge is 2.28. The van der Waals surface area contributed by atoms with E-state index in [1.54, 1.807) is 19.2 Å². The van der Waals surface area contributed by atoms with E-state index in [4.69, 9.17) is 4.74 Å². The molecular weight excluding hydrogens is 348 g/mol. The number of anilines is 1. The van der Waals surface area contributed by atoms with Gasteiger partial charge < -0.3 is 15.4 Å². The lowest BCUT2D eigenvalue weighted by Gasteiger charge is -2.18. The third-order valence-corrected chi connectivity index (χ3v) is 5.76. The molecule has 2 amide bonds. The van der Waals surface area contributed by atoms with E-state index in [-0.39, 0.29) is 11.8 Å². The lowest BCUT2D eigenvalue weighted by atomic mass is 9.88. The predicted octanol–water partition coefficient (Wildman–Crippen LogP) is 3.50. The molecule has 1 atom stereocenters. The summed E-state index contributed by atoms with van der Waals surface area (Å²) in [6, 6.07) is 9.06. The first kappa shape index (κ1) is 18.6. The molecule has 0 saturated carbocycles. The van der Waals surface area contributed by atoms with Gasteiger partial charge in [-0.1, -0.05) is 25.1 Å². The molecule has 1 aliphatic carbocycles. The molecule has 0 saturated heterocycles. The molecule has 2 aromatic rings. The molecule has 1 aliphatic rings. The van der Waals surface area contributed by atoms with E-state index in [1.165, 1.54) is 16.2 Å². The number of amides is 2. The van der Waals surface area contributed by atoms with Gasteiger partial charge in [0.2, 0.25) is 0 Å². The summed E-state index contributed by atoms with van der Waals surface area (Å²) in [5.41, 5.74) is 2.29. The van der Waals surface area contributed by atoms with Crippen molar-refractivity contribution in [3.63, 3.8) is 0 Å². The second-order valence-electron chi connectivity index (χ2n) is 6.62. The van der Waals surface area contributed by atoms with Crippen molar-refractivity contribution in [3.05, 3.63) is 51.9 Å². The fraction of sp³-hybridized carbons (Fsp3) is 0.400. The average Bonchev–Trinajstić information content (AvgIpc) is 2.99. The summed E-state index contributed by atoms with van der Waals surface area (Å²) >= 11 is 1.53. The minimum absolute atomic E-state index is 0.141. The number of benzene rings is 1. The Labute approximate surface area is 157 Å². The van der Waals surface area contributed by atoms with Crippen LogP contribution in [0.5, 0.6) is 0 Å². The molecule has 1 unspecified atom stereocenters. The summed E-state index contributed by atoms with van der Waals surface area (Å²) in [5.74, 6) is 0.267. The summed E-state index contributed by atoms with van der Waals surface area (Å²) in [6.45, 7) is 3.13. The minimum atomic E-state index is -0.191. The molecule has 1 heterocycles. The van der Waals surface area contributed by atoms with Gasteiger partial charge in [-0.2, -0.15) is 0 Å². The molecule has 0 spiro atoms. The van der Waals surface area contributed by atoms with Gasteiger partial charge in [0.1, 0.15) is 5.00 Å². The second kappa shape index (κ2) is 8.47. The fourth-order valence-electron chi connectivity index (χ4n) is 3.20. The molecule has 6 heteroatoms.